The second-order valence-corrected chi connectivity index (χ2v) is 7.10. The number of hydrogen-bond donors (Lipinski definition) is 2. The maximum absolute atomic E-state index is 12.3. The average Bonchev–Trinajstić information content (AvgIpc) is 3.19. The Kier molecular flexibility index (Phi) is 5.22. The molecule has 0 spiro atoms. The molecule has 2 N–H and O–H groups in total. The minimum Gasteiger partial charge on any atom is -0.507 e. The van der Waals surface area contributed by atoms with E-state index in [1.165, 1.54) is 17.6 Å². The van der Waals surface area contributed by atoms with Gasteiger partial charge in [-0.15, -0.1) is 17.9 Å². The fraction of sp³-hybridized carbons (Fsp3) is 0.0455. The first kappa shape index (κ1) is 18.6. The number of nitrogens with one attached hydrogen (secondary N) is 1. The van der Waals surface area contributed by atoms with Crippen molar-refractivity contribution in [2.45, 2.75) is 6.42 Å². The molecule has 6 nitrogen and oxygen atoms in total. The van der Waals surface area contributed by atoms with Gasteiger partial charge in [-0.3, -0.25) is 5.43 Å². The van der Waals surface area contributed by atoms with Gasteiger partial charge >= 0.3 is 5.63 Å². The Hall–Kier alpha value is -3.71. The summed E-state index contributed by atoms with van der Waals surface area (Å²) in [7, 11) is 0. The Morgan fingerprint density at radius 3 is 2.97 bits per heavy atom. The quantitative estimate of drug-likeness (QED) is 0.209. The number of hydrogen-bond acceptors (Lipinski definition) is 7. The van der Waals surface area contributed by atoms with Crippen LogP contribution in [0, 0.1) is 0 Å². The monoisotopic (exact) mass is 403 g/mol. The molecule has 2 aromatic heterocycles. The van der Waals surface area contributed by atoms with Gasteiger partial charge in [0.25, 0.3) is 0 Å². The highest BCUT2D eigenvalue weighted by molar-refractivity contribution is 7.14. The molecule has 0 fully saturated rings. The fourth-order valence-electron chi connectivity index (χ4n) is 2.88. The van der Waals surface area contributed by atoms with Crippen molar-refractivity contribution in [3.05, 3.63) is 88.1 Å². The van der Waals surface area contributed by atoms with Gasteiger partial charge < -0.3 is 9.52 Å². The zero-order valence-electron chi connectivity index (χ0n) is 15.3. The molecule has 0 atom stereocenters. The molecular weight excluding hydrogens is 386 g/mol. The lowest BCUT2D eigenvalue weighted by atomic mass is 10.1. The predicted octanol–water partition coefficient (Wildman–Crippen LogP) is 4.80. The van der Waals surface area contributed by atoms with Crippen LogP contribution in [0.5, 0.6) is 5.75 Å². The number of benzene rings is 2. The summed E-state index contributed by atoms with van der Waals surface area (Å²) in [5, 5.41) is 17.5. The lowest BCUT2D eigenvalue weighted by Crippen LogP contribution is -2.02. The topological polar surface area (TPSA) is 87.7 Å². The molecule has 4 aromatic rings. The van der Waals surface area contributed by atoms with Crippen LogP contribution < -0.4 is 11.1 Å². The first-order valence-electron chi connectivity index (χ1n) is 8.85. The number of aromatic nitrogens is 1. The number of fused-ring (bicyclic) bond motifs is 1. The van der Waals surface area contributed by atoms with Crippen molar-refractivity contribution in [1.82, 2.24) is 4.98 Å². The highest BCUT2D eigenvalue weighted by Gasteiger charge is 2.11. The van der Waals surface area contributed by atoms with E-state index in [-0.39, 0.29) is 5.75 Å². The Bertz CT molecular complexity index is 1270. The number of hydrazone groups is 1. The van der Waals surface area contributed by atoms with Crippen molar-refractivity contribution in [2.24, 2.45) is 5.10 Å². The lowest BCUT2D eigenvalue weighted by molar-refractivity contribution is 0.469. The minimum atomic E-state index is -0.437. The van der Waals surface area contributed by atoms with Gasteiger partial charge in [0.1, 0.15) is 11.3 Å². The minimum absolute atomic E-state index is 0.173. The van der Waals surface area contributed by atoms with E-state index in [9.17, 15) is 9.90 Å². The van der Waals surface area contributed by atoms with Gasteiger partial charge in [-0.25, -0.2) is 9.78 Å². The fourth-order valence-corrected chi connectivity index (χ4v) is 3.54. The van der Waals surface area contributed by atoms with Crippen molar-refractivity contribution < 1.29 is 9.52 Å². The van der Waals surface area contributed by atoms with Crippen LogP contribution in [0.15, 0.2) is 80.9 Å². The standard InChI is InChI=1S/C22H17N3O3S/c1-2-6-14-8-5-9-16(20(14)26)12-23-25-22-24-18(13-29-22)17-11-15-7-3-4-10-19(15)28-21(17)27/h2-5,7-13,26H,1,6H2,(H,24,25). The summed E-state index contributed by atoms with van der Waals surface area (Å²) in [6.45, 7) is 3.69. The third-order valence-electron chi connectivity index (χ3n) is 4.30. The highest BCUT2D eigenvalue weighted by atomic mass is 32.1. The van der Waals surface area contributed by atoms with Crippen LogP contribution in [0.25, 0.3) is 22.2 Å². The van der Waals surface area contributed by atoms with E-state index in [2.05, 4.69) is 22.1 Å². The molecule has 0 aliphatic rings. The number of thiazole rings is 1. The van der Waals surface area contributed by atoms with Crippen molar-refractivity contribution in [1.29, 1.82) is 0 Å². The van der Waals surface area contributed by atoms with Crippen LogP contribution in [0.1, 0.15) is 11.1 Å². The Balaban J connectivity index is 1.54. The molecule has 7 heteroatoms. The van der Waals surface area contributed by atoms with Crippen molar-refractivity contribution in [3.63, 3.8) is 0 Å². The summed E-state index contributed by atoms with van der Waals surface area (Å²) in [5.74, 6) is 0.173. The average molecular weight is 403 g/mol. The van der Waals surface area contributed by atoms with E-state index >= 15 is 0 Å². The highest BCUT2D eigenvalue weighted by Crippen LogP contribution is 2.26. The van der Waals surface area contributed by atoms with Crippen molar-refractivity contribution in [3.8, 4) is 17.0 Å². The number of anilines is 1. The zero-order chi connectivity index (χ0) is 20.2. The molecule has 0 radical (unpaired) electrons. The molecular formula is C22H17N3O3S. The number of para-hydroxylation sites is 2. The summed E-state index contributed by atoms with van der Waals surface area (Å²) in [6, 6.07) is 14.6. The first-order valence-corrected chi connectivity index (χ1v) is 9.73. The van der Waals surface area contributed by atoms with Gasteiger partial charge in [0.15, 0.2) is 0 Å². The smallest absolute Gasteiger partial charge is 0.345 e. The molecule has 2 aromatic carbocycles. The van der Waals surface area contributed by atoms with Gasteiger partial charge in [-0.1, -0.05) is 36.4 Å². The van der Waals surface area contributed by atoms with Crippen molar-refractivity contribution in [2.75, 3.05) is 5.43 Å². The summed E-state index contributed by atoms with van der Waals surface area (Å²) in [5.41, 5.74) is 5.21. The third-order valence-corrected chi connectivity index (χ3v) is 5.05. The molecule has 0 unspecified atom stereocenters. The van der Waals surface area contributed by atoms with Gasteiger partial charge in [-0.2, -0.15) is 5.10 Å². The van der Waals surface area contributed by atoms with Gasteiger partial charge in [0.2, 0.25) is 5.13 Å². The Morgan fingerprint density at radius 2 is 2.10 bits per heavy atom. The first-order chi connectivity index (χ1) is 14.2. The van der Waals surface area contributed by atoms with Gasteiger partial charge in [-0.05, 0) is 30.2 Å². The molecule has 4 rings (SSSR count). The van der Waals surface area contributed by atoms with Crippen LogP contribution >= 0.6 is 11.3 Å². The van der Waals surface area contributed by atoms with Crippen LogP contribution in [0.3, 0.4) is 0 Å². The molecule has 2 heterocycles. The van der Waals surface area contributed by atoms with E-state index in [1.54, 1.807) is 29.7 Å². The van der Waals surface area contributed by atoms with Gasteiger partial charge in [0.05, 0.1) is 17.5 Å². The second-order valence-electron chi connectivity index (χ2n) is 6.24. The van der Waals surface area contributed by atoms with Crippen LogP contribution in [-0.2, 0) is 6.42 Å². The van der Waals surface area contributed by atoms with E-state index in [0.29, 0.717) is 34.0 Å². The molecule has 0 saturated carbocycles. The number of allylic oxidation sites excluding steroid dienone is 1. The molecule has 0 amide bonds. The van der Waals surface area contributed by atoms with E-state index in [0.717, 1.165) is 10.9 Å². The Labute approximate surface area is 170 Å². The third kappa shape index (κ3) is 3.95. The zero-order valence-corrected chi connectivity index (χ0v) is 16.1. The summed E-state index contributed by atoms with van der Waals surface area (Å²) in [4.78, 5) is 16.7. The lowest BCUT2D eigenvalue weighted by Gasteiger charge is -2.04. The van der Waals surface area contributed by atoms with Gasteiger partial charge in [0, 0.05) is 16.3 Å². The van der Waals surface area contributed by atoms with Crippen molar-refractivity contribution >= 4 is 33.7 Å². The largest absolute Gasteiger partial charge is 0.507 e. The maximum Gasteiger partial charge on any atom is 0.345 e. The van der Waals surface area contributed by atoms with E-state index < -0.39 is 5.63 Å². The number of phenolic OH excluding ortho intramolecular Hbond substituents is 1. The van der Waals surface area contributed by atoms with Crippen LogP contribution in [0.4, 0.5) is 5.13 Å². The molecule has 29 heavy (non-hydrogen) atoms. The number of aromatic hydroxyl groups is 1. The summed E-state index contributed by atoms with van der Waals surface area (Å²) >= 11 is 1.32. The SMILES string of the molecule is C=CCc1cccc(C=NNc2nc(-c3cc4ccccc4oc3=O)cs2)c1O. The molecule has 0 aliphatic carbocycles. The maximum atomic E-state index is 12.3. The predicted molar refractivity (Wildman–Crippen MR) is 117 cm³/mol. The molecule has 0 bridgehead atoms. The van der Waals surface area contributed by atoms with E-state index in [1.807, 2.05) is 30.3 Å². The number of rotatable bonds is 6. The second kappa shape index (κ2) is 8.12. The van der Waals surface area contributed by atoms with E-state index in [4.69, 9.17) is 4.42 Å². The summed E-state index contributed by atoms with van der Waals surface area (Å²) in [6.07, 6.45) is 3.83. The van der Waals surface area contributed by atoms with Crippen LogP contribution in [0.2, 0.25) is 0 Å². The molecule has 0 saturated heterocycles. The molecule has 0 aliphatic heterocycles. The number of nitrogens with zero attached hydrogens (tertiary/aromatic N) is 2. The van der Waals surface area contributed by atoms with Crippen LogP contribution in [-0.4, -0.2) is 16.3 Å². The Morgan fingerprint density at radius 1 is 1.24 bits per heavy atom. The summed E-state index contributed by atoms with van der Waals surface area (Å²) < 4.78 is 5.36. The molecule has 144 valence electrons. The normalized spacial score (nSPS) is 11.2. The number of phenols is 1.